The molecular weight excluding hydrogens is 332 g/mol. The van der Waals surface area contributed by atoms with Crippen LogP contribution in [0.15, 0.2) is 12.1 Å². The van der Waals surface area contributed by atoms with Crippen molar-refractivity contribution in [1.29, 1.82) is 0 Å². The zero-order valence-corrected chi connectivity index (χ0v) is 15.4. The molecular formula is C17H25ClN2O4. The van der Waals surface area contributed by atoms with Gasteiger partial charge in [0.1, 0.15) is 5.75 Å². The molecule has 24 heavy (non-hydrogen) atoms. The molecule has 1 aliphatic heterocycles. The molecule has 1 saturated heterocycles. The summed E-state index contributed by atoms with van der Waals surface area (Å²) in [6.45, 7) is 7.90. The summed E-state index contributed by atoms with van der Waals surface area (Å²) in [5.41, 5.74) is 2.32. The lowest BCUT2D eigenvalue weighted by molar-refractivity contribution is -0.142. The van der Waals surface area contributed by atoms with Crippen LogP contribution in [0.4, 0.5) is 0 Å². The topological polar surface area (TPSA) is 67.9 Å². The fourth-order valence-electron chi connectivity index (χ4n) is 2.79. The highest BCUT2D eigenvalue weighted by Gasteiger charge is 2.22. The van der Waals surface area contributed by atoms with Crippen LogP contribution in [0.1, 0.15) is 28.4 Å². The second kappa shape index (κ2) is 8.89. The van der Waals surface area contributed by atoms with E-state index in [9.17, 15) is 9.59 Å². The van der Waals surface area contributed by atoms with Crippen LogP contribution < -0.4 is 10.1 Å². The van der Waals surface area contributed by atoms with E-state index in [1.54, 1.807) is 0 Å². The highest BCUT2D eigenvalue weighted by atomic mass is 35.5. The molecule has 0 aliphatic carbocycles. The van der Waals surface area contributed by atoms with E-state index in [1.165, 1.54) is 7.11 Å². The lowest BCUT2D eigenvalue weighted by Gasteiger charge is -2.32. The number of nitrogens with one attached hydrogen (secondary N) is 1. The number of carbonyl (C=O) groups is 2. The molecule has 2 rings (SSSR count). The molecule has 0 unspecified atom stereocenters. The molecule has 1 heterocycles. The first-order valence-corrected chi connectivity index (χ1v) is 7.76. The van der Waals surface area contributed by atoms with Gasteiger partial charge in [-0.1, -0.05) is 0 Å². The molecule has 1 fully saturated rings. The van der Waals surface area contributed by atoms with Crippen LogP contribution in [0, 0.1) is 13.8 Å². The van der Waals surface area contributed by atoms with Crippen molar-refractivity contribution >= 4 is 24.3 Å². The van der Waals surface area contributed by atoms with Crippen molar-refractivity contribution in [2.75, 3.05) is 33.4 Å². The summed E-state index contributed by atoms with van der Waals surface area (Å²) in [7, 11) is 1.32. The number of methoxy groups -OCH3 is 1. The van der Waals surface area contributed by atoms with Crippen molar-refractivity contribution in [3.8, 4) is 5.75 Å². The van der Waals surface area contributed by atoms with Gasteiger partial charge < -0.3 is 19.7 Å². The van der Waals surface area contributed by atoms with E-state index in [2.05, 4.69) is 17.0 Å². The predicted molar refractivity (Wildman–Crippen MR) is 94.0 cm³/mol. The minimum atomic E-state index is -0.432. The number of carbonyl (C=O) groups excluding carboxylic acids is 2. The maximum absolute atomic E-state index is 12.7. The molecule has 0 saturated carbocycles. The summed E-state index contributed by atoms with van der Waals surface area (Å²) in [4.78, 5) is 25.7. The summed E-state index contributed by atoms with van der Waals surface area (Å²) in [6, 6.07) is 3.93. The number of amides is 1. The maximum atomic E-state index is 12.7. The van der Waals surface area contributed by atoms with E-state index in [4.69, 9.17) is 4.74 Å². The van der Waals surface area contributed by atoms with Crippen LogP contribution in [0.5, 0.6) is 5.75 Å². The fourth-order valence-corrected chi connectivity index (χ4v) is 2.79. The van der Waals surface area contributed by atoms with Crippen molar-refractivity contribution in [3.05, 3.63) is 28.8 Å². The van der Waals surface area contributed by atoms with Gasteiger partial charge in [0.05, 0.1) is 7.11 Å². The first kappa shape index (κ1) is 20.3. The van der Waals surface area contributed by atoms with Gasteiger partial charge in [-0.2, -0.15) is 0 Å². The number of hydrogen-bond acceptors (Lipinski definition) is 5. The minimum Gasteiger partial charge on any atom is -0.481 e. The van der Waals surface area contributed by atoms with Gasteiger partial charge in [-0.05, 0) is 44.0 Å². The van der Waals surface area contributed by atoms with Gasteiger partial charge in [-0.3, -0.25) is 4.79 Å². The van der Waals surface area contributed by atoms with Crippen molar-refractivity contribution in [2.24, 2.45) is 0 Å². The highest BCUT2D eigenvalue weighted by Crippen LogP contribution is 2.25. The monoisotopic (exact) mass is 356 g/mol. The molecule has 1 amide bonds. The smallest absolute Gasteiger partial charge is 0.343 e. The van der Waals surface area contributed by atoms with Gasteiger partial charge in [-0.15, -0.1) is 12.4 Å². The van der Waals surface area contributed by atoms with Crippen LogP contribution in [-0.2, 0) is 9.53 Å². The lowest BCUT2D eigenvalue weighted by atomic mass is 10.0. The van der Waals surface area contributed by atoms with E-state index >= 15 is 0 Å². The Morgan fingerprint density at radius 1 is 1.29 bits per heavy atom. The molecule has 6 nitrogen and oxygen atoms in total. The number of esters is 1. The van der Waals surface area contributed by atoms with Crippen molar-refractivity contribution < 1.29 is 19.1 Å². The Morgan fingerprint density at radius 2 is 1.92 bits per heavy atom. The molecule has 0 aromatic heterocycles. The number of benzene rings is 1. The first-order chi connectivity index (χ1) is 10.9. The molecule has 1 aromatic carbocycles. The number of rotatable bonds is 4. The van der Waals surface area contributed by atoms with E-state index in [0.717, 1.165) is 17.7 Å². The summed E-state index contributed by atoms with van der Waals surface area (Å²) in [6.07, 6.45) is 0. The number of hydrogen-bond donors (Lipinski definition) is 1. The molecule has 0 spiro atoms. The summed E-state index contributed by atoms with van der Waals surface area (Å²) in [5, 5.41) is 3.33. The van der Waals surface area contributed by atoms with Crippen LogP contribution in [0.2, 0.25) is 0 Å². The Kier molecular flexibility index (Phi) is 7.51. The second-order valence-corrected chi connectivity index (χ2v) is 5.91. The predicted octanol–water partition coefficient (Wildman–Crippen LogP) is 1.71. The Hall–Kier alpha value is -1.79. The molecule has 1 aromatic rings. The minimum absolute atomic E-state index is 0. The van der Waals surface area contributed by atoms with Crippen LogP contribution in [-0.4, -0.2) is 56.2 Å². The average molecular weight is 357 g/mol. The molecule has 7 heteroatoms. The molecule has 0 radical (unpaired) electrons. The Balaban J connectivity index is 0.00000288. The molecule has 1 aliphatic rings. The standard InChI is InChI=1S/C17H24N2O4.ClH/c1-11-7-14(17(21)19-6-5-18-13(3)9-19)8-12(2)16(11)23-10-15(20)22-4;/h7-8,13,18H,5-6,9-10H2,1-4H3;1H/t13-;/m1./s1. The lowest BCUT2D eigenvalue weighted by Crippen LogP contribution is -2.51. The Morgan fingerprint density at radius 3 is 2.46 bits per heavy atom. The molecule has 1 N–H and O–H groups in total. The number of nitrogens with zero attached hydrogens (tertiary/aromatic N) is 1. The maximum Gasteiger partial charge on any atom is 0.343 e. The highest BCUT2D eigenvalue weighted by molar-refractivity contribution is 5.95. The second-order valence-electron chi connectivity index (χ2n) is 5.91. The largest absolute Gasteiger partial charge is 0.481 e. The van der Waals surface area contributed by atoms with E-state index in [-0.39, 0.29) is 24.9 Å². The zero-order valence-electron chi connectivity index (χ0n) is 14.5. The summed E-state index contributed by atoms with van der Waals surface area (Å²) in [5.74, 6) is 0.225. The molecule has 0 bridgehead atoms. The van der Waals surface area contributed by atoms with E-state index in [1.807, 2.05) is 30.9 Å². The van der Waals surface area contributed by atoms with Crippen molar-refractivity contribution in [2.45, 2.75) is 26.8 Å². The van der Waals surface area contributed by atoms with Gasteiger partial charge in [-0.25, -0.2) is 4.79 Å². The third-order valence-corrected chi connectivity index (χ3v) is 3.93. The van der Waals surface area contributed by atoms with Gasteiger partial charge in [0, 0.05) is 31.2 Å². The van der Waals surface area contributed by atoms with Crippen molar-refractivity contribution in [3.63, 3.8) is 0 Å². The van der Waals surface area contributed by atoms with Crippen LogP contribution in [0.25, 0.3) is 0 Å². The molecule has 134 valence electrons. The quantitative estimate of drug-likeness (QED) is 0.832. The average Bonchev–Trinajstić information content (AvgIpc) is 2.52. The number of halogens is 1. The van der Waals surface area contributed by atoms with Gasteiger partial charge in [0.2, 0.25) is 0 Å². The van der Waals surface area contributed by atoms with Crippen molar-refractivity contribution in [1.82, 2.24) is 10.2 Å². The van der Waals surface area contributed by atoms with Crippen LogP contribution >= 0.6 is 12.4 Å². The number of aryl methyl sites for hydroxylation is 2. The summed E-state index contributed by atoms with van der Waals surface area (Å²) >= 11 is 0. The SMILES string of the molecule is COC(=O)COc1c(C)cc(C(=O)N2CCN[C@H](C)C2)cc1C.Cl. The van der Waals surface area contributed by atoms with Gasteiger partial charge in [0.15, 0.2) is 6.61 Å². The van der Waals surface area contributed by atoms with Gasteiger partial charge in [0.25, 0.3) is 5.91 Å². The Bertz CT molecular complexity index is 583. The Labute approximate surface area is 148 Å². The summed E-state index contributed by atoms with van der Waals surface area (Å²) < 4.78 is 10.1. The molecule has 1 atom stereocenters. The number of ether oxygens (including phenoxy) is 2. The van der Waals surface area contributed by atoms with E-state index in [0.29, 0.717) is 30.4 Å². The third-order valence-electron chi connectivity index (χ3n) is 3.93. The zero-order chi connectivity index (χ0) is 17.0. The number of piperazine rings is 1. The first-order valence-electron chi connectivity index (χ1n) is 7.76. The van der Waals surface area contributed by atoms with Gasteiger partial charge >= 0.3 is 5.97 Å². The van der Waals surface area contributed by atoms with E-state index < -0.39 is 5.97 Å². The van der Waals surface area contributed by atoms with Crippen LogP contribution in [0.3, 0.4) is 0 Å². The fraction of sp³-hybridized carbons (Fsp3) is 0.529. The third kappa shape index (κ3) is 4.85. The normalized spacial score (nSPS) is 17.0.